The van der Waals surface area contributed by atoms with Gasteiger partial charge in [0.1, 0.15) is 0 Å². The van der Waals surface area contributed by atoms with Crippen molar-refractivity contribution < 1.29 is 9.90 Å². The Balaban J connectivity index is 3.12. The average molecular weight is 255 g/mol. The molecular formula is C11H11BrO2. The Hall–Kier alpha value is -1.09. The van der Waals surface area contributed by atoms with Gasteiger partial charge in [0.05, 0.1) is 5.57 Å². The Morgan fingerprint density at radius 3 is 2.79 bits per heavy atom. The number of halogens is 1. The zero-order valence-electron chi connectivity index (χ0n) is 7.83. The van der Waals surface area contributed by atoms with Gasteiger partial charge in [-0.15, -0.1) is 0 Å². The Labute approximate surface area is 91.4 Å². The molecule has 1 aromatic carbocycles. The van der Waals surface area contributed by atoms with Crippen molar-refractivity contribution >= 4 is 27.5 Å². The topological polar surface area (TPSA) is 37.3 Å². The summed E-state index contributed by atoms with van der Waals surface area (Å²) in [6.45, 7) is 1.92. The number of rotatable bonds is 3. The number of carboxylic acids is 1. The molecule has 0 spiro atoms. The minimum atomic E-state index is -0.884. The fourth-order valence-corrected chi connectivity index (χ4v) is 1.59. The maximum Gasteiger partial charge on any atom is 0.335 e. The minimum Gasteiger partial charge on any atom is -0.478 e. The lowest BCUT2D eigenvalue weighted by Gasteiger charge is -2.02. The Morgan fingerprint density at radius 1 is 1.57 bits per heavy atom. The molecule has 74 valence electrons. The fourth-order valence-electron chi connectivity index (χ4n) is 1.19. The number of hydrogen-bond acceptors (Lipinski definition) is 1. The van der Waals surface area contributed by atoms with Gasteiger partial charge in [-0.2, -0.15) is 0 Å². The number of hydrogen-bond donors (Lipinski definition) is 1. The van der Waals surface area contributed by atoms with Gasteiger partial charge in [-0.05, 0) is 24.1 Å². The fraction of sp³-hybridized carbons (Fsp3) is 0.182. The SMILES string of the molecule is CC/C=C(/C(=O)O)c1cccc(Br)c1. The molecule has 0 aromatic heterocycles. The summed E-state index contributed by atoms with van der Waals surface area (Å²) in [5.74, 6) is -0.884. The number of benzene rings is 1. The van der Waals surface area contributed by atoms with Gasteiger partial charge >= 0.3 is 5.97 Å². The van der Waals surface area contributed by atoms with Crippen molar-refractivity contribution in [3.63, 3.8) is 0 Å². The molecule has 0 bridgehead atoms. The summed E-state index contributed by atoms with van der Waals surface area (Å²) in [4.78, 5) is 10.9. The zero-order chi connectivity index (χ0) is 10.6. The lowest BCUT2D eigenvalue weighted by atomic mass is 10.1. The number of aliphatic carboxylic acids is 1. The monoisotopic (exact) mass is 254 g/mol. The van der Waals surface area contributed by atoms with Crippen molar-refractivity contribution in [1.29, 1.82) is 0 Å². The van der Waals surface area contributed by atoms with Gasteiger partial charge in [-0.1, -0.05) is 41.1 Å². The second kappa shape index (κ2) is 4.96. The maximum atomic E-state index is 10.9. The van der Waals surface area contributed by atoms with E-state index in [1.165, 1.54) is 0 Å². The molecule has 14 heavy (non-hydrogen) atoms. The van der Waals surface area contributed by atoms with Crippen molar-refractivity contribution in [3.05, 3.63) is 40.4 Å². The van der Waals surface area contributed by atoms with Crippen molar-refractivity contribution in [2.45, 2.75) is 13.3 Å². The normalized spacial score (nSPS) is 11.4. The zero-order valence-corrected chi connectivity index (χ0v) is 9.41. The van der Waals surface area contributed by atoms with Crippen LogP contribution in [0.4, 0.5) is 0 Å². The second-order valence-electron chi connectivity index (χ2n) is 2.84. The molecule has 0 aliphatic heterocycles. The highest BCUT2D eigenvalue weighted by atomic mass is 79.9. The standard InChI is InChI=1S/C11H11BrO2/c1-2-4-10(11(13)14)8-5-3-6-9(12)7-8/h3-7H,2H2,1H3,(H,13,14)/b10-4+. The van der Waals surface area contributed by atoms with Gasteiger partial charge in [-0.25, -0.2) is 4.79 Å². The largest absolute Gasteiger partial charge is 0.478 e. The van der Waals surface area contributed by atoms with Crippen LogP contribution in [-0.2, 0) is 4.79 Å². The molecule has 2 nitrogen and oxygen atoms in total. The van der Waals surface area contributed by atoms with Crippen LogP contribution in [0.25, 0.3) is 5.57 Å². The first-order valence-corrected chi connectivity index (χ1v) is 5.14. The molecule has 0 fully saturated rings. The third-order valence-electron chi connectivity index (χ3n) is 1.77. The molecule has 0 atom stereocenters. The van der Waals surface area contributed by atoms with E-state index >= 15 is 0 Å². The predicted molar refractivity (Wildman–Crippen MR) is 60.0 cm³/mol. The third-order valence-corrected chi connectivity index (χ3v) is 2.27. The van der Waals surface area contributed by atoms with Gasteiger partial charge in [0.2, 0.25) is 0 Å². The summed E-state index contributed by atoms with van der Waals surface area (Å²) in [6.07, 6.45) is 2.43. The van der Waals surface area contributed by atoms with Gasteiger partial charge in [-0.3, -0.25) is 0 Å². The summed E-state index contributed by atoms with van der Waals surface area (Å²) in [5, 5.41) is 8.97. The lowest BCUT2D eigenvalue weighted by Crippen LogP contribution is -1.99. The smallest absolute Gasteiger partial charge is 0.335 e. The van der Waals surface area contributed by atoms with Gasteiger partial charge in [0.15, 0.2) is 0 Å². The van der Waals surface area contributed by atoms with Crippen molar-refractivity contribution in [2.24, 2.45) is 0 Å². The average Bonchev–Trinajstić information content (AvgIpc) is 2.13. The maximum absolute atomic E-state index is 10.9. The number of carboxylic acid groups (broad SMARTS) is 1. The molecule has 1 aromatic rings. The first kappa shape index (κ1) is 11.0. The predicted octanol–water partition coefficient (Wildman–Crippen LogP) is 3.33. The molecule has 0 saturated carbocycles. The molecule has 0 aliphatic carbocycles. The first-order chi connectivity index (χ1) is 6.65. The highest BCUT2D eigenvalue weighted by Crippen LogP contribution is 2.19. The van der Waals surface area contributed by atoms with Crippen LogP contribution >= 0.6 is 15.9 Å². The van der Waals surface area contributed by atoms with Crippen molar-refractivity contribution in [3.8, 4) is 0 Å². The molecular weight excluding hydrogens is 244 g/mol. The summed E-state index contributed by atoms with van der Waals surface area (Å²) in [6, 6.07) is 7.29. The summed E-state index contributed by atoms with van der Waals surface area (Å²) in [5.41, 5.74) is 1.09. The first-order valence-electron chi connectivity index (χ1n) is 4.34. The summed E-state index contributed by atoms with van der Waals surface area (Å²) >= 11 is 3.31. The Kier molecular flexibility index (Phi) is 3.89. The Morgan fingerprint density at radius 2 is 2.29 bits per heavy atom. The van der Waals surface area contributed by atoms with E-state index < -0.39 is 5.97 Å². The van der Waals surface area contributed by atoms with Crippen molar-refractivity contribution in [1.82, 2.24) is 0 Å². The summed E-state index contributed by atoms with van der Waals surface area (Å²) in [7, 11) is 0. The minimum absolute atomic E-state index is 0.355. The molecule has 3 heteroatoms. The molecule has 0 unspecified atom stereocenters. The van der Waals surface area contributed by atoms with Crippen molar-refractivity contribution in [2.75, 3.05) is 0 Å². The van der Waals surface area contributed by atoms with Crippen LogP contribution in [0.5, 0.6) is 0 Å². The van der Waals surface area contributed by atoms with E-state index in [9.17, 15) is 4.79 Å². The number of carbonyl (C=O) groups is 1. The second-order valence-corrected chi connectivity index (χ2v) is 3.76. The van der Waals surface area contributed by atoms with E-state index in [0.29, 0.717) is 12.0 Å². The quantitative estimate of drug-likeness (QED) is 0.841. The van der Waals surface area contributed by atoms with E-state index in [1.807, 2.05) is 19.1 Å². The molecule has 0 saturated heterocycles. The van der Waals surface area contributed by atoms with E-state index in [-0.39, 0.29) is 0 Å². The van der Waals surface area contributed by atoms with Crippen LogP contribution in [0, 0.1) is 0 Å². The lowest BCUT2D eigenvalue weighted by molar-refractivity contribution is -0.130. The van der Waals surface area contributed by atoms with Gasteiger partial charge < -0.3 is 5.11 Å². The van der Waals surface area contributed by atoms with Crippen LogP contribution in [0.1, 0.15) is 18.9 Å². The summed E-state index contributed by atoms with van der Waals surface area (Å²) < 4.78 is 0.887. The highest BCUT2D eigenvalue weighted by Gasteiger charge is 2.08. The third kappa shape index (κ3) is 2.70. The van der Waals surface area contributed by atoms with Crippen LogP contribution < -0.4 is 0 Å². The van der Waals surface area contributed by atoms with Gasteiger partial charge in [0.25, 0.3) is 0 Å². The van der Waals surface area contributed by atoms with Gasteiger partial charge in [0, 0.05) is 4.47 Å². The molecule has 0 aliphatic rings. The number of allylic oxidation sites excluding steroid dienone is 1. The van der Waals surface area contributed by atoms with Crippen LogP contribution in [0.2, 0.25) is 0 Å². The molecule has 1 rings (SSSR count). The van der Waals surface area contributed by atoms with Crippen LogP contribution in [0.15, 0.2) is 34.8 Å². The Bertz CT molecular complexity index is 369. The molecule has 0 amide bonds. The molecule has 1 N–H and O–H groups in total. The van der Waals surface area contributed by atoms with E-state index in [2.05, 4.69) is 15.9 Å². The van der Waals surface area contributed by atoms with E-state index in [1.54, 1.807) is 18.2 Å². The van der Waals surface area contributed by atoms with E-state index in [0.717, 1.165) is 10.0 Å². The highest BCUT2D eigenvalue weighted by molar-refractivity contribution is 9.10. The molecule has 0 heterocycles. The van der Waals surface area contributed by atoms with Crippen LogP contribution in [-0.4, -0.2) is 11.1 Å². The van der Waals surface area contributed by atoms with E-state index in [4.69, 9.17) is 5.11 Å². The molecule has 0 radical (unpaired) electrons. The van der Waals surface area contributed by atoms with Crippen LogP contribution in [0.3, 0.4) is 0 Å².